The summed E-state index contributed by atoms with van der Waals surface area (Å²) in [6.07, 6.45) is -1.25. The smallest absolute Gasteiger partial charge is 0.361 e. The summed E-state index contributed by atoms with van der Waals surface area (Å²) in [6, 6.07) is 0. The van der Waals surface area contributed by atoms with Crippen molar-refractivity contribution in [1.29, 1.82) is 0 Å². The first kappa shape index (κ1) is 13.5. The number of nitrogens with zero attached hydrogens (tertiary/aromatic N) is 3. The lowest BCUT2D eigenvalue weighted by Gasteiger charge is -2.05. The van der Waals surface area contributed by atoms with Gasteiger partial charge in [-0.3, -0.25) is 0 Å². The average molecular weight is 247 g/mol. The normalized spacial score (nSPS) is 10.9. The Labute approximate surface area is 97.8 Å². The van der Waals surface area contributed by atoms with E-state index in [0.29, 0.717) is 13.0 Å². The molecule has 1 heterocycles. The van der Waals surface area contributed by atoms with E-state index in [4.69, 9.17) is 0 Å². The van der Waals surface area contributed by atoms with Gasteiger partial charge in [-0.15, -0.1) is 5.10 Å². The number of aromatic nitrogens is 3. The summed E-state index contributed by atoms with van der Waals surface area (Å²) in [6.45, 7) is 3.97. The quantitative estimate of drug-likeness (QED) is 0.723. The number of esters is 1. The van der Waals surface area contributed by atoms with Gasteiger partial charge in [0.1, 0.15) is 5.69 Å². The highest BCUT2D eigenvalue weighted by atomic mass is 19.3. The van der Waals surface area contributed by atoms with Gasteiger partial charge in [-0.2, -0.15) is 0 Å². The zero-order chi connectivity index (χ0) is 12.8. The van der Waals surface area contributed by atoms with E-state index in [9.17, 15) is 13.6 Å². The van der Waals surface area contributed by atoms with Crippen LogP contribution in [0.3, 0.4) is 0 Å². The van der Waals surface area contributed by atoms with E-state index in [2.05, 4.69) is 15.0 Å². The summed E-state index contributed by atoms with van der Waals surface area (Å²) >= 11 is 0. The second-order valence-corrected chi connectivity index (χ2v) is 3.42. The molecule has 0 bridgehead atoms. The molecule has 7 heteroatoms. The highest BCUT2D eigenvalue weighted by Crippen LogP contribution is 2.22. The first-order valence-electron chi connectivity index (χ1n) is 5.50. The number of hydrogen-bond donors (Lipinski definition) is 0. The first-order chi connectivity index (χ1) is 8.11. The van der Waals surface area contributed by atoms with Crippen molar-refractivity contribution in [2.75, 3.05) is 6.61 Å². The summed E-state index contributed by atoms with van der Waals surface area (Å²) in [5.41, 5.74) is -0.852. The topological polar surface area (TPSA) is 57.0 Å². The second-order valence-electron chi connectivity index (χ2n) is 3.42. The minimum atomic E-state index is -2.79. The molecule has 0 unspecified atom stereocenters. The second kappa shape index (κ2) is 6.27. The molecule has 0 saturated carbocycles. The molecular weight excluding hydrogens is 232 g/mol. The van der Waals surface area contributed by atoms with Gasteiger partial charge in [-0.1, -0.05) is 18.6 Å². The lowest BCUT2D eigenvalue weighted by Crippen LogP contribution is -2.11. The van der Waals surface area contributed by atoms with Crippen molar-refractivity contribution in [3.05, 3.63) is 11.4 Å². The Balaban J connectivity index is 2.97. The van der Waals surface area contributed by atoms with Gasteiger partial charge in [0.15, 0.2) is 5.69 Å². The molecule has 1 rings (SSSR count). The van der Waals surface area contributed by atoms with Gasteiger partial charge >= 0.3 is 5.97 Å². The zero-order valence-electron chi connectivity index (χ0n) is 9.82. The van der Waals surface area contributed by atoms with Gasteiger partial charge in [0, 0.05) is 6.54 Å². The largest absolute Gasteiger partial charge is 0.461 e. The number of unbranched alkanes of at least 4 members (excludes halogenated alkanes) is 1. The maximum atomic E-state index is 12.8. The van der Waals surface area contributed by atoms with Crippen LogP contribution in [0.5, 0.6) is 0 Å². The molecule has 0 N–H and O–H groups in total. The fourth-order valence-electron chi connectivity index (χ4n) is 1.35. The van der Waals surface area contributed by atoms with Crippen LogP contribution >= 0.6 is 0 Å². The molecule has 0 aliphatic carbocycles. The molecule has 0 radical (unpaired) electrons. The van der Waals surface area contributed by atoms with Crippen molar-refractivity contribution < 1.29 is 18.3 Å². The number of ether oxygens (including phenoxy) is 1. The molecule has 1 aromatic rings. The molecule has 0 aliphatic heterocycles. The lowest BCUT2D eigenvalue weighted by atomic mass is 10.3. The van der Waals surface area contributed by atoms with Crippen molar-refractivity contribution in [3.63, 3.8) is 0 Å². The van der Waals surface area contributed by atoms with E-state index in [1.807, 2.05) is 6.92 Å². The summed E-state index contributed by atoms with van der Waals surface area (Å²) in [7, 11) is 0. The van der Waals surface area contributed by atoms with Crippen molar-refractivity contribution in [1.82, 2.24) is 15.0 Å². The van der Waals surface area contributed by atoms with Gasteiger partial charge < -0.3 is 4.74 Å². The first-order valence-corrected chi connectivity index (χ1v) is 5.50. The molecule has 0 spiro atoms. The van der Waals surface area contributed by atoms with E-state index < -0.39 is 23.8 Å². The van der Waals surface area contributed by atoms with Crippen LogP contribution in [0.15, 0.2) is 0 Å². The predicted octanol–water partition coefficient (Wildman–Crippen LogP) is 2.19. The fraction of sp³-hybridized carbons (Fsp3) is 0.700. The predicted molar refractivity (Wildman–Crippen MR) is 55.8 cm³/mol. The Kier molecular flexibility index (Phi) is 4.99. The van der Waals surface area contributed by atoms with Crippen LogP contribution in [0.1, 0.15) is 49.3 Å². The van der Waals surface area contributed by atoms with Crippen LogP contribution in [-0.4, -0.2) is 27.6 Å². The Morgan fingerprint density at radius 1 is 1.47 bits per heavy atom. The van der Waals surface area contributed by atoms with E-state index in [-0.39, 0.29) is 6.61 Å². The highest BCUT2D eigenvalue weighted by molar-refractivity contribution is 5.88. The van der Waals surface area contributed by atoms with Crippen molar-refractivity contribution in [2.45, 2.75) is 39.7 Å². The standard InChI is InChI=1S/C10H15F2N3O2/c1-3-5-6-15-8(9(11)12)7(13-14-15)10(16)17-4-2/h9H,3-6H2,1-2H3. The molecule has 96 valence electrons. The monoisotopic (exact) mass is 247 g/mol. The molecule has 0 atom stereocenters. The van der Waals surface area contributed by atoms with Crippen LogP contribution in [-0.2, 0) is 11.3 Å². The number of hydrogen-bond acceptors (Lipinski definition) is 4. The number of rotatable bonds is 6. The Morgan fingerprint density at radius 2 is 2.18 bits per heavy atom. The van der Waals surface area contributed by atoms with E-state index in [0.717, 1.165) is 11.1 Å². The van der Waals surface area contributed by atoms with Gasteiger partial charge in [-0.25, -0.2) is 18.3 Å². The Morgan fingerprint density at radius 3 is 2.71 bits per heavy atom. The third-order valence-electron chi connectivity index (χ3n) is 2.17. The lowest BCUT2D eigenvalue weighted by molar-refractivity contribution is 0.0506. The molecule has 0 saturated heterocycles. The minimum Gasteiger partial charge on any atom is -0.461 e. The number of aryl methyl sites for hydroxylation is 1. The van der Waals surface area contributed by atoms with Gasteiger partial charge in [-0.05, 0) is 13.3 Å². The highest BCUT2D eigenvalue weighted by Gasteiger charge is 2.27. The van der Waals surface area contributed by atoms with Gasteiger partial charge in [0.25, 0.3) is 6.43 Å². The molecule has 17 heavy (non-hydrogen) atoms. The van der Waals surface area contributed by atoms with Gasteiger partial charge in [0.2, 0.25) is 0 Å². The Hall–Kier alpha value is -1.53. The number of alkyl halides is 2. The van der Waals surface area contributed by atoms with Crippen molar-refractivity contribution >= 4 is 5.97 Å². The zero-order valence-corrected chi connectivity index (χ0v) is 9.82. The summed E-state index contributed by atoms with van der Waals surface area (Å²) in [5.74, 6) is -0.856. The van der Waals surface area contributed by atoms with E-state index >= 15 is 0 Å². The summed E-state index contributed by atoms with van der Waals surface area (Å²) in [4.78, 5) is 11.4. The third-order valence-corrected chi connectivity index (χ3v) is 2.17. The summed E-state index contributed by atoms with van der Waals surface area (Å²) in [5, 5.41) is 7.03. The van der Waals surface area contributed by atoms with E-state index in [1.54, 1.807) is 6.92 Å². The fourth-order valence-corrected chi connectivity index (χ4v) is 1.35. The van der Waals surface area contributed by atoms with Gasteiger partial charge in [0.05, 0.1) is 6.61 Å². The molecule has 5 nitrogen and oxygen atoms in total. The van der Waals surface area contributed by atoms with Crippen LogP contribution in [0.2, 0.25) is 0 Å². The molecular formula is C10H15F2N3O2. The Bertz CT molecular complexity index is 380. The molecule has 0 aliphatic rings. The van der Waals surface area contributed by atoms with Crippen LogP contribution in [0.4, 0.5) is 8.78 Å². The molecule has 0 aromatic carbocycles. The van der Waals surface area contributed by atoms with Crippen LogP contribution in [0, 0.1) is 0 Å². The maximum absolute atomic E-state index is 12.8. The van der Waals surface area contributed by atoms with Crippen LogP contribution in [0.25, 0.3) is 0 Å². The van der Waals surface area contributed by atoms with Crippen LogP contribution < -0.4 is 0 Å². The summed E-state index contributed by atoms with van der Waals surface area (Å²) < 4.78 is 31.4. The minimum absolute atomic E-state index is 0.114. The molecule has 0 fully saturated rings. The SMILES string of the molecule is CCCCn1nnc(C(=O)OCC)c1C(F)F. The average Bonchev–Trinajstić information content (AvgIpc) is 2.70. The molecule has 0 amide bonds. The third kappa shape index (κ3) is 3.21. The maximum Gasteiger partial charge on any atom is 0.361 e. The van der Waals surface area contributed by atoms with Crippen molar-refractivity contribution in [3.8, 4) is 0 Å². The number of halogens is 2. The number of carbonyl (C=O) groups excluding carboxylic acids is 1. The van der Waals surface area contributed by atoms with Crippen molar-refractivity contribution in [2.24, 2.45) is 0 Å². The van der Waals surface area contributed by atoms with E-state index in [1.165, 1.54) is 0 Å². The number of carbonyl (C=O) groups is 1. The molecule has 1 aromatic heterocycles.